The van der Waals surface area contributed by atoms with Crippen LogP contribution in [-0.2, 0) is 0 Å². The van der Waals surface area contributed by atoms with Gasteiger partial charge in [0.25, 0.3) is 5.22 Å². The quantitative estimate of drug-likeness (QED) is 0.730. The van der Waals surface area contributed by atoms with E-state index in [0.29, 0.717) is 10.6 Å². The van der Waals surface area contributed by atoms with Crippen molar-refractivity contribution in [1.82, 2.24) is 10.2 Å². The molecule has 0 radical (unpaired) electrons. The van der Waals surface area contributed by atoms with Gasteiger partial charge in [-0.15, -0.1) is 10.2 Å². The monoisotopic (exact) mass is 332 g/mol. The van der Waals surface area contributed by atoms with Crippen molar-refractivity contribution in [2.45, 2.75) is 5.22 Å². The first-order valence-corrected chi connectivity index (χ1v) is 7.43. The maximum absolute atomic E-state index is 12.1. The minimum absolute atomic E-state index is 0.0863. The molecule has 0 bridgehead atoms. The Morgan fingerprint density at radius 2 is 1.82 bits per heavy atom. The minimum atomic E-state index is -0.382. The zero-order valence-electron chi connectivity index (χ0n) is 11.1. The number of para-hydroxylation sites is 1. The molecule has 0 aliphatic heterocycles. The molecule has 0 fully saturated rings. The Hall–Kier alpha value is -2.31. The summed E-state index contributed by atoms with van der Waals surface area (Å²) in [7, 11) is 0. The number of aromatic nitrogens is 2. The lowest BCUT2D eigenvalue weighted by molar-refractivity contribution is 0.108. The van der Waals surface area contributed by atoms with E-state index in [2.05, 4.69) is 10.2 Å². The topological polar surface area (TPSA) is 76.2 Å². The largest absolute Gasteiger partial charge is 0.507 e. The molecule has 3 aromatic rings. The van der Waals surface area contributed by atoms with Crippen LogP contribution in [0.3, 0.4) is 0 Å². The van der Waals surface area contributed by atoms with Crippen LogP contribution in [0.2, 0.25) is 5.02 Å². The van der Waals surface area contributed by atoms with Gasteiger partial charge in [0.05, 0.1) is 16.1 Å². The summed E-state index contributed by atoms with van der Waals surface area (Å²) in [5.74, 6) is 0.143. The molecular formula is C15H9ClN2O3S. The second-order valence-electron chi connectivity index (χ2n) is 4.26. The van der Waals surface area contributed by atoms with Crippen molar-refractivity contribution in [3.63, 3.8) is 0 Å². The predicted molar refractivity (Wildman–Crippen MR) is 83.0 cm³/mol. The van der Waals surface area contributed by atoms with E-state index in [1.807, 2.05) is 0 Å². The van der Waals surface area contributed by atoms with Gasteiger partial charge in [-0.05, 0) is 24.3 Å². The van der Waals surface area contributed by atoms with E-state index in [0.717, 1.165) is 11.8 Å². The Bertz CT molecular complexity index is 835. The Morgan fingerprint density at radius 3 is 2.59 bits per heavy atom. The molecule has 0 saturated heterocycles. The van der Waals surface area contributed by atoms with Crippen LogP contribution in [0.5, 0.6) is 5.75 Å². The second kappa shape index (κ2) is 6.21. The summed E-state index contributed by atoms with van der Waals surface area (Å²) in [6.45, 7) is 0. The number of hydrogen-bond donors (Lipinski definition) is 1. The minimum Gasteiger partial charge on any atom is -0.507 e. The van der Waals surface area contributed by atoms with Gasteiger partial charge in [0, 0.05) is 11.8 Å². The van der Waals surface area contributed by atoms with E-state index in [4.69, 9.17) is 16.0 Å². The number of carbonyl (C=O) groups excluding carboxylic acids is 1. The summed E-state index contributed by atoms with van der Waals surface area (Å²) in [6.07, 6.45) is 0. The third-order valence-electron chi connectivity index (χ3n) is 2.81. The van der Waals surface area contributed by atoms with Crippen molar-refractivity contribution < 1.29 is 14.3 Å². The number of benzene rings is 2. The zero-order chi connectivity index (χ0) is 15.5. The number of aromatic hydroxyl groups is 1. The van der Waals surface area contributed by atoms with Gasteiger partial charge in [-0.2, -0.15) is 0 Å². The van der Waals surface area contributed by atoms with Gasteiger partial charge in [0.1, 0.15) is 5.75 Å². The smallest absolute Gasteiger partial charge is 0.284 e. The first-order chi connectivity index (χ1) is 10.6. The van der Waals surface area contributed by atoms with Gasteiger partial charge in [-0.1, -0.05) is 35.9 Å². The third kappa shape index (κ3) is 2.98. The number of halogens is 1. The number of rotatable bonds is 3. The SMILES string of the molecule is O=C(Sc1nnc(-c2ccccc2Cl)o1)c1ccccc1O. The molecule has 1 N–H and O–H groups in total. The summed E-state index contributed by atoms with van der Waals surface area (Å²) >= 11 is 6.81. The average Bonchev–Trinajstić information content (AvgIpc) is 2.96. The number of nitrogens with zero attached hydrogens (tertiary/aromatic N) is 2. The lowest BCUT2D eigenvalue weighted by atomic mass is 10.2. The second-order valence-corrected chi connectivity index (χ2v) is 5.59. The third-order valence-corrected chi connectivity index (χ3v) is 3.89. The summed E-state index contributed by atoms with van der Waals surface area (Å²) in [5, 5.41) is 17.5. The van der Waals surface area contributed by atoms with E-state index in [-0.39, 0.29) is 27.5 Å². The Balaban J connectivity index is 1.82. The van der Waals surface area contributed by atoms with E-state index in [1.54, 1.807) is 36.4 Å². The fourth-order valence-electron chi connectivity index (χ4n) is 1.78. The van der Waals surface area contributed by atoms with Crippen LogP contribution < -0.4 is 0 Å². The molecule has 2 aromatic carbocycles. The van der Waals surface area contributed by atoms with Crippen molar-refractivity contribution >= 4 is 28.5 Å². The molecule has 0 aliphatic rings. The number of hydrogen-bond acceptors (Lipinski definition) is 6. The van der Waals surface area contributed by atoms with Gasteiger partial charge in [-0.3, -0.25) is 4.79 Å². The summed E-state index contributed by atoms with van der Waals surface area (Å²) < 4.78 is 5.44. The number of phenols is 1. The van der Waals surface area contributed by atoms with Gasteiger partial charge in [0.2, 0.25) is 11.0 Å². The van der Waals surface area contributed by atoms with E-state index >= 15 is 0 Å². The fourth-order valence-corrected chi connectivity index (χ4v) is 2.64. The summed E-state index contributed by atoms with van der Waals surface area (Å²) in [5.41, 5.74) is 0.781. The molecule has 0 unspecified atom stereocenters. The number of thioether (sulfide) groups is 1. The molecule has 110 valence electrons. The molecule has 7 heteroatoms. The molecule has 0 aliphatic carbocycles. The van der Waals surface area contributed by atoms with Crippen LogP contribution in [0, 0.1) is 0 Å². The lowest BCUT2D eigenvalue weighted by Gasteiger charge is -2.00. The summed E-state index contributed by atoms with van der Waals surface area (Å²) in [6, 6.07) is 13.3. The molecule has 0 amide bonds. The fraction of sp³-hybridized carbons (Fsp3) is 0. The molecule has 22 heavy (non-hydrogen) atoms. The van der Waals surface area contributed by atoms with Gasteiger partial charge >= 0.3 is 0 Å². The van der Waals surface area contributed by atoms with Gasteiger partial charge in [-0.25, -0.2) is 0 Å². The van der Waals surface area contributed by atoms with Crippen molar-refractivity contribution in [1.29, 1.82) is 0 Å². The van der Waals surface area contributed by atoms with Crippen molar-refractivity contribution in [2.24, 2.45) is 0 Å². The highest BCUT2D eigenvalue weighted by Gasteiger charge is 2.18. The lowest BCUT2D eigenvalue weighted by Crippen LogP contribution is -1.93. The predicted octanol–water partition coefficient (Wildman–Crippen LogP) is 4.03. The maximum Gasteiger partial charge on any atom is 0.284 e. The first kappa shape index (κ1) is 14.6. The Kier molecular flexibility index (Phi) is 4.13. The van der Waals surface area contributed by atoms with Gasteiger partial charge in [0.15, 0.2) is 0 Å². The number of carbonyl (C=O) groups is 1. The highest BCUT2D eigenvalue weighted by atomic mass is 35.5. The van der Waals surface area contributed by atoms with Crippen molar-refractivity contribution in [3.8, 4) is 17.2 Å². The summed E-state index contributed by atoms with van der Waals surface area (Å²) in [4.78, 5) is 12.1. The molecular weight excluding hydrogens is 324 g/mol. The molecule has 5 nitrogen and oxygen atoms in total. The molecule has 0 spiro atoms. The average molecular weight is 333 g/mol. The maximum atomic E-state index is 12.1. The molecule has 0 atom stereocenters. The zero-order valence-corrected chi connectivity index (χ0v) is 12.6. The highest BCUT2D eigenvalue weighted by Crippen LogP contribution is 2.31. The van der Waals surface area contributed by atoms with E-state index < -0.39 is 0 Å². The van der Waals surface area contributed by atoms with Crippen LogP contribution in [-0.4, -0.2) is 20.4 Å². The van der Waals surface area contributed by atoms with Crippen LogP contribution >= 0.6 is 23.4 Å². The molecule has 1 heterocycles. The molecule has 3 rings (SSSR count). The van der Waals surface area contributed by atoms with Crippen LogP contribution in [0.1, 0.15) is 10.4 Å². The van der Waals surface area contributed by atoms with Crippen LogP contribution in [0.15, 0.2) is 58.2 Å². The highest BCUT2D eigenvalue weighted by molar-refractivity contribution is 8.14. The Labute approximate surface area is 134 Å². The van der Waals surface area contributed by atoms with E-state index in [1.165, 1.54) is 12.1 Å². The normalized spacial score (nSPS) is 10.6. The van der Waals surface area contributed by atoms with Crippen LogP contribution in [0.4, 0.5) is 0 Å². The van der Waals surface area contributed by atoms with Crippen LogP contribution in [0.25, 0.3) is 11.5 Å². The standard InChI is InChI=1S/C15H9ClN2O3S/c16-11-7-3-1-5-9(11)13-17-18-15(21-13)22-14(20)10-6-2-4-8-12(10)19/h1-8,19H. The van der Waals surface area contributed by atoms with Crippen molar-refractivity contribution in [3.05, 3.63) is 59.1 Å². The first-order valence-electron chi connectivity index (χ1n) is 6.24. The van der Waals surface area contributed by atoms with Gasteiger partial charge < -0.3 is 9.52 Å². The van der Waals surface area contributed by atoms with E-state index in [9.17, 15) is 9.90 Å². The molecule has 0 saturated carbocycles. The molecule has 1 aromatic heterocycles. The number of phenolic OH excluding ortho intramolecular Hbond substituents is 1. The Morgan fingerprint density at radius 1 is 1.09 bits per heavy atom. The van der Waals surface area contributed by atoms with Crippen molar-refractivity contribution in [2.75, 3.05) is 0 Å².